The maximum Gasteiger partial charge on any atom is 0.399 e. The highest BCUT2D eigenvalue weighted by Gasteiger charge is 2.39. The lowest BCUT2D eigenvalue weighted by atomic mass is 9.96. The van der Waals surface area contributed by atoms with Gasteiger partial charge >= 0.3 is 6.18 Å². The van der Waals surface area contributed by atoms with E-state index in [9.17, 15) is 18.0 Å². The molecule has 3 aromatic rings. The van der Waals surface area contributed by atoms with Gasteiger partial charge in [0, 0.05) is 28.0 Å². The van der Waals surface area contributed by atoms with Crippen LogP contribution in [0.25, 0.3) is 6.08 Å². The van der Waals surface area contributed by atoms with Crippen LogP contribution in [0.1, 0.15) is 38.8 Å². The number of hydrogen-bond acceptors (Lipinski definition) is 3. The van der Waals surface area contributed by atoms with Gasteiger partial charge in [0.2, 0.25) is 0 Å². The average Bonchev–Trinajstić information content (AvgIpc) is 2.71. The van der Waals surface area contributed by atoms with Crippen molar-refractivity contribution in [3.63, 3.8) is 0 Å². The highest BCUT2D eigenvalue weighted by molar-refractivity contribution is 6.34. The molecule has 1 amide bonds. The van der Waals surface area contributed by atoms with Gasteiger partial charge in [0.1, 0.15) is 5.82 Å². The van der Waals surface area contributed by atoms with Crippen LogP contribution in [-0.4, -0.2) is 22.1 Å². The van der Waals surface area contributed by atoms with Gasteiger partial charge in [-0.15, -0.1) is 0 Å². The van der Waals surface area contributed by atoms with Crippen LogP contribution in [-0.2, 0) is 6.54 Å². The van der Waals surface area contributed by atoms with Crippen LogP contribution in [0, 0.1) is 6.92 Å². The van der Waals surface area contributed by atoms with Crippen molar-refractivity contribution in [3.8, 4) is 0 Å². The molecule has 166 valence electrons. The number of nitrogens with one attached hydrogen (secondary N) is 1. The standard InChI is InChI=1S/C23H18Cl2F3N3O/c1-14-9-15(3-5-19(14)22(32)31-13-21-29-7-2-8-30-21)4-6-20(23(26,27)28)16-10-17(24)12-18(25)11-16/h2-12,20H,13H2,1H3,(H,31,32). The fourth-order valence-electron chi connectivity index (χ4n) is 3.09. The van der Waals surface area contributed by atoms with Crippen LogP contribution < -0.4 is 5.32 Å². The second kappa shape index (κ2) is 10.1. The molecule has 1 N–H and O–H groups in total. The van der Waals surface area contributed by atoms with Gasteiger partial charge in [-0.1, -0.05) is 47.5 Å². The Labute approximate surface area is 193 Å². The van der Waals surface area contributed by atoms with Gasteiger partial charge < -0.3 is 5.32 Å². The molecule has 1 aromatic heterocycles. The zero-order chi connectivity index (χ0) is 23.3. The minimum Gasteiger partial charge on any atom is -0.345 e. The molecule has 0 fully saturated rings. The molecular weight excluding hydrogens is 462 g/mol. The molecule has 1 unspecified atom stereocenters. The number of hydrogen-bond donors (Lipinski definition) is 1. The molecule has 9 heteroatoms. The predicted molar refractivity (Wildman–Crippen MR) is 119 cm³/mol. The quantitative estimate of drug-likeness (QED) is 0.446. The van der Waals surface area contributed by atoms with E-state index in [1.54, 1.807) is 43.6 Å². The lowest BCUT2D eigenvalue weighted by Crippen LogP contribution is -2.24. The third kappa shape index (κ3) is 6.31. The van der Waals surface area contributed by atoms with Crippen molar-refractivity contribution in [2.24, 2.45) is 0 Å². The van der Waals surface area contributed by atoms with Crippen molar-refractivity contribution in [2.75, 3.05) is 0 Å². The van der Waals surface area contributed by atoms with Crippen molar-refractivity contribution < 1.29 is 18.0 Å². The van der Waals surface area contributed by atoms with Crippen LogP contribution in [0.15, 0.2) is 60.9 Å². The number of halogens is 5. The zero-order valence-electron chi connectivity index (χ0n) is 16.8. The lowest BCUT2D eigenvalue weighted by Gasteiger charge is -2.18. The summed E-state index contributed by atoms with van der Waals surface area (Å²) in [5, 5.41) is 2.98. The largest absolute Gasteiger partial charge is 0.399 e. The number of allylic oxidation sites excluding steroid dienone is 1. The molecule has 0 aliphatic rings. The van der Waals surface area contributed by atoms with E-state index < -0.39 is 12.1 Å². The molecular formula is C23H18Cl2F3N3O. The lowest BCUT2D eigenvalue weighted by molar-refractivity contribution is -0.139. The first kappa shape index (κ1) is 23.8. The number of aromatic nitrogens is 2. The van der Waals surface area contributed by atoms with Gasteiger partial charge in [-0.25, -0.2) is 9.97 Å². The third-order valence-electron chi connectivity index (χ3n) is 4.60. The number of carbonyl (C=O) groups excluding carboxylic acids is 1. The molecule has 32 heavy (non-hydrogen) atoms. The molecule has 3 rings (SSSR count). The molecule has 0 saturated heterocycles. The maximum absolute atomic E-state index is 13.6. The van der Waals surface area contributed by atoms with E-state index in [0.717, 1.165) is 6.08 Å². The maximum atomic E-state index is 13.6. The van der Waals surface area contributed by atoms with Gasteiger partial charge in [-0.05, 0) is 53.9 Å². The second-order valence-corrected chi connectivity index (χ2v) is 7.88. The van der Waals surface area contributed by atoms with E-state index in [-0.39, 0.29) is 28.1 Å². The summed E-state index contributed by atoms with van der Waals surface area (Å²) in [4.78, 5) is 20.5. The fourth-order valence-corrected chi connectivity index (χ4v) is 3.64. The van der Waals surface area contributed by atoms with Crippen LogP contribution >= 0.6 is 23.2 Å². The summed E-state index contributed by atoms with van der Waals surface area (Å²) in [7, 11) is 0. The third-order valence-corrected chi connectivity index (χ3v) is 5.04. The molecule has 0 saturated carbocycles. The van der Waals surface area contributed by atoms with Crippen LogP contribution in [0.5, 0.6) is 0 Å². The minimum absolute atomic E-state index is 0.0536. The van der Waals surface area contributed by atoms with Crippen LogP contribution in [0.3, 0.4) is 0 Å². The predicted octanol–water partition coefficient (Wildman–Crippen LogP) is 6.38. The monoisotopic (exact) mass is 479 g/mol. The number of nitrogens with zero attached hydrogens (tertiary/aromatic N) is 2. The summed E-state index contributed by atoms with van der Waals surface area (Å²) in [6.45, 7) is 1.87. The Hall–Kier alpha value is -2.90. The SMILES string of the molecule is Cc1cc(C=CC(c2cc(Cl)cc(Cl)c2)C(F)(F)F)ccc1C(=O)NCc1ncccn1. The highest BCUT2D eigenvalue weighted by atomic mass is 35.5. The highest BCUT2D eigenvalue weighted by Crippen LogP contribution is 2.38. The Morgan fingerprint density at radius 1 is 1.09 bits per heavy atom. The van der Waals surface area contributed by atoms with E-state index in [1.807, 2.05) is 0 Å². The topological polar surface area (TPSA) is 54.9 Å². The first-order chi connectivity index (χ1) is 15.1. The number of alkyl halides is 3. The van der Waals surface area contributed by atoms with Crippen molar-refractivity contribution >= 4 is 35.2 Å². The molecule has 0 bridgehead atoms. The van der Waals surface area contributed by atoms with Crippen molar-refractivity contribution in [1.82, 2.24) is 15.3 Å². The molecule has 1 heterocycles. The molecule has 0 spiro atoms. The molecule has 0 radical (unpaired) electrons. The molecule has 0 aliphatic carbocycles. The van der Waals surface area contributed by atoms with E-state index in [0.29, 0.717) is 22.5 Å². The second-order valence-electron chi connectivity index (χ2n) is 7.00. The van der Waals surface area contributed by atoms with Crippen LogP contribution in [0.4, 0.5) is 13.2 Å². The summed E-state index contributed by atoms with van der Waals surface area (Å²) in [6, 6.07) is 10.3. The Bertz CT molecular complexity index is 1110. The summed E-state index contributed by atoms with van der Waals surface area (Å²) < 4.78 is 40.9. The number of aryl methyl sites for hydroxylation is 1. The summed E-state index contributed by atoms with van der Waals surface area (Å²) in [5.41, 5.74) is 1.50. The van der Waals surface area contributed by atoms with E-state index >= 15 is 0 Å². The fraction of sp³-hybridized carbons (Fsp3) is 0.174. The summed E-state index contributed by atoms with van der Waals surface area (Å²) in [6.07, 6.45) is 1.03. The normalized spacial score (nSPS) is 12.7. The summed E-state index contributed by atoms with van der Waals surface area (Å²) in [5.74, 6) is -1.74. The molecule has 2 aromatic carbocycles. The Morgan fingerprint density at radius 2 is 1.75 bits per heavy atom. The zero-order valence-corrected chi connectivity index (χ0v) is 18.3. The van der Waals surface area contributed by atoms with Crippen molar-refractivity contribution in [2.45, 2.75) is 25.6 Å². The molecule has 0 aliphatic heterocycles. The van der Waals surface area contributed by atoms with Gasteiger partial charge in [-0.3, -0.25) is 4.79 Å². The van der Waals surface area contributed by atoms with Gasteiger partial charge in [-0.2, -0.15) is 13.2 Å². The smallest absolute Gasteiger partial charge is 0.345 e. The number of amides is 1. The van der Waals surface area contributed by atoms with E-state index in [2.05, 4.69) is 15.3 Å². The van der Waals surface area contributed by atoms with Gasteiger partial charge in [0.25, 0.3) is 5.91 Å². The Kier molecular flexibility index (Phi) is 7.53. The first-order valence-electron chi connectivity index (χ1n) is 9.49. The average molecular weight is 480 g/mol. The molecule has 4 nitrogen and oxygen atoms in total. The molecule has 1 atom stereocenters. The number of carbonyl (C=O) groups is 1. The van der Waals surface area contributed by atoms with E-state index in [1.165, 1.54) is 24.3 Å². The minimum atomic E-state index is -4.53. The van der Waals surface area contributed by atoms with Crippen molar-refractivity contribution in [1.29, 1.82) is 0 Å². The summed E-state index contributed by atoms with van der Waals surface area (Å²) >= 11 is 11.7. The number of rotatable bonds is 6. The van der Waals surface area contributed by atoms with Crippen LogP contribution in [0.2, 0.25) is 10.0 Å². The van der Waals surface area contributed by atoms with Gasteiger partial charge in [0.05, 0.1) is 12.5 Å². The van der Waals surface area contributed by atoms with Gasteiger partial charge in [0.15, 0.2) is 0 Å². The number of benzene rings is 2. The Balaban J connectivity index is 1.77. The van der Waals surface area contributed by atoms with Crippen molar-refractivity contribution in [3.05, 3.63) is 99.1 Å². The Morgan fingerprint density at radius 3 is 2.34 bits per heavy atom. The van der Waals surface area contributed by atoms with E-state index in [4.69, 9.17) is 23.2 Å². The first-order valence-corrected chi connectivity index (χ1v) is 10.2.